The van der Waals surface area contributed by atoms with Gasteiger partial charge in [0.05, 0.1) is 11.4 Å². The van der Waals surface area contributed by atoms with Gasteiger partial charge in [-0.25, -0.2) is 0 Å². The first kappa shape index (κ1) is 24.3. The molecule has 0 heterocycles. The SMILES string of the molecule is CC.CNc1cc(N)ccc1Oc1ccc(Cc2ccc(Oc3ccc(N)cc3N)cc2)cc1. The molecule has 4 aromatic rings. The zero-order chi connectivity index (χ0) is 24.5. The predicted molar refractivity (Wildman–Crippen MR) is 143 cm³/mol. The first-order valence-corrected chi connectivity index (χ1v) is 11.3. The van der Waals surface area contributed by atoms with Crippen molar-refractivity contribution >= 4 is 22.7 Å². The Hall–Kier alpha value is -4.32. The van der Waals surface area contributed by atoms with Crippen molar-refractivity contribution in [2.75, 3.05) is 29.6 Å². The number of benzene rings is 4. The van der Waals surface area contributed by atoms with E-state index < -0.39 is 0 Å². The third-order valence-electron chi connectivity index (χ3n) is 5.02. The second-order valence-corrected chi connectivity index (χ2v) is 7.47. The standard InChI is InChI=1S/C26H26N4O2.C2H6/c1-30-24-16-20(28)7-13-26(24)32-22-10-4-18(5-11-22)14-17-2-8-21(9-3-17)31-25-12-6-19(27)15-23(25)29;1-2/h2-13,15-16,30H,14,27-29H2,1H3;1-2H3. The minimum atomic E-state index is 0.511. The molecule has 0 aliphatic heterocycles. The maximum Gasteiger partial charge on any atom is 0.150 e. The van der Waals surface area contributed by atoms with Gasteiger partial charge in [0.1, 0.15) is 17.2 Å². The van der Waals surface area contributed by atoms with Gasteiger partial charge in [0.15, 0.2) is 5.75 Å². The highest BCUT2D eigenvalue weighted by atomic mass is 16.5. The zero-order valence-electron chi connectivity index (χ0n) is 19.8. The van der Waals surface area contributed by atoms with Gasteiger partial charge in [-0.05, 0) is 78.2 Å². The maximum absolute atomic E-state index is 6.00. The number of hydrogen-bond acceptors (Lipinski definition) is 6. The van der Waals surface area contributed by atoms with Crippen LogP contribution in [0.4, 0.5) is 22.7 Å². The molecule has 0 radical (unpaired) electrons. The minimum absolute atomic E-state index is 0.511. The van der Waals surface area contributed by atoms with E-state index in [9.17, 15) is 0 Å². The largest absolute Gasteiger partial charge is 0.455 e. The zero-order valence-corrected chi connectivity index (χ0v) is 19.8. The van der Waals surface area contributed by atoms with E-state index >= 15 is 0 Å². The van der Waals surface area contributed by atoms with Crippen LogP contribution in [0.15, 0.2) is 84.9 Å². The summed E-state index contributed by atoms with van der Waals surface area (Å²) in [5, 5.41) is 3.10. The molecule has 4 rings (SSSR count). The van der Waals surface area contributed by atoms with Gasteiger partial charge in [-0.3, -0.25) is 0 Å². The molecule has 34 heavy (non-hydrogen) atoms. The van der Waals surface area contributed by atoms with Crippen LogP contribution in [0.3, 0.4) is 0 Å². The summed E-state index contributed by atoms with van der Waals surface area (Å²) in [7, 11) is 1.84. The number of ether oxygens (including phenoxy) is 2. The van der Waals surface area contributed by atoms with Gasteiger partial charge in [-0.1, -0.05) is 38.1 Å². The molecule has 0 spiro atoms. The van der Waals surface area contributed by atoms with Gasteiger partial charge in [0.25, 0.3) is 0 Å². The van der Waals surface area contributed by atoms with Crippen LogP contribution in [0, 0.1) is 0 Å². The molecule has 6 heteroatoms. The fourth-order valence-electron chi connectivity index (χ4n) is 3.33. The first-order valence-electron chi connectivity index (χ1n) is 11.3. The molecule has 6 nitrogen and oxygen atoms in total. The summed E-state index contributed by atoms with van der Waals surface area (Å²) in [5.74, 6) is 2.80. The van der Waals surface area contributed by atoms with Crippen LogP contribution in [0.2, 0.25) is 0 Å². The third-order valence-corrected chi connectivity index (χ3v) is 5.02. The molecule has 0 atom stereocenters. The van der Waals surface area contributed by atoms with E-state index in [2.05, 4.69) is 17.4 Å². The number of nitrogen functional groups attached to an aromatic ring is 3. The van der Waals surface area contributed by atoms with Crippen LogP contribution in [-0.4, -0.2) is 7.05 Å². The molecule has 176 valence electrons. The topological polar surface area (TPSA) is 109 Å². The number of nitrogens with one attached hydrogen (secondary N) is 1. The van der Waals surface area contributed by atoms with Gasteiger partial charge < -0.3 is 32.0 Å². The average molecular weight is 457 g/mol. The van der Waals surface area contributed by atoms with Crippen molar-refractivity contribution in [1.82, 2.24) is 0 Å². The smallest absolute Gasteiger partial charge is 0.150 e. The summed E-state index contributed by atoms with van der Waals surface area (Å²) in [6.07, 6.45) is 0.800. The molecule has 0 saturated carbocycles. The van der Waals surface area contributed by atoms with Crippen molar-refractivity contribution in [3.63, 3.8) is 0 Å². The van der Waals surface area contributed by atoms with Crippen LogP contribution < -0.4 is 32.0 Å². The van der Waals surface area contributed by atoms with Gasteiger partial charge in [0.2, 0.25) is 0 Å². The molecule has 7 N–H and O–H groups in total. The van der Waals surface area contributed by atoms with Crippen molar-refractivity contribution in [2.45, 2.75) is 20.3 Å². The number of hydrogen-bond donors (Lipinski definition) is 4. The monoisotopic (exact) mass is 456 g/mol. The van der Waals surface area contributed by atoms with Gasteiger partial charge in [-0.15, -0.1) is 0 Å². The molecule has 4 aromatic carbocycles. The van der Waals surface area contributed by atoms with Gasteiger partial charge >= 0.3 is 0 Å². The Bertz CT molecular complexity index is 1210. The molecule has 0 bridgehead atoms. The molecule has 0 amide bonds. The third kappa shape index (κ3) is 6.36. The highest BCUT2D eigenvalue weighted by molar-refractivity contribution is 5.64. The van der Waals surface area contributed by atoms with Gasteiger partial charge in [-0.2, -0.15) is 0 Å². The van der Waals surface area contributed by atoms with Crippen molar-refractivity contribution in [2.24, 2.45) is 0 Å². The summed E-state index contributed by atoms with van der Waals surface area (Å²) in [6.45, 7) is 4.00. The summed E-state index contributed by atoms with van der Waals surface area (Å²) in [5.41, 5.74) is 22.5. The Labute approximate surface area is 201 Å². The van der Waals surface area contributed by atoms with E-state index in [1.54, 1.807) is 18.2 Å². The molecule has 0 fully saturated rings. The van der Waals surface area contributed by atoms with E-state index in [4.69, 9.17) is 26.7 Å². The van der Waals surface area contributed by atoms with Crippen molar-refractivity contribution in [1.29, 1.82) is 0 Å². The average Bonchev–Trinajstić information content (AvgIpc) is 2.85. The van der Waals surface area contributed by atoms with E-state index in [1.807, 2.05) is 75.5 Å². The number of rotatable bonds is 7. The quantitative estimate of drug-likeness (QED) is 0.231. The lowest BCUT2D eigenvalue weighted by molar-refractivity contribution is 0.484. The Kier molecular flexibility index (Phi) is 8.24. The van der Waals surface area contributed by atoms with E-state index in [-0.39, 0.29) is 0 Å². The molecular weight excluding hydrogens is 424 g/mol. The maximum atomic E-state index is 6.00. The lowest BCUT2D eigenvalue weighted by Gasteiger charge is -2.12. The van der Waals surface area contributed by atoms with Crippen molar-refractivity contribution < 1.29 is 9.47 Å². The second kappa shape index (κ2) is 11.5. The normalized spacial score (nSPS) is 10.1. The molecule has 0 saturated heterocycles. The van der Waals surface area contributed by atoms with E-state index in [1.165, 1.54) is 11.1 Å². The fraction of sp³-hybridized carbons (Fsp3) is 0.143. The van der Waals surface area contributed by atoms with Crippen LogP contribution in [0.5, 0.6) is 23.0 Å². The van der Waals surface area contributed by atoms with E-state index in [0.29, 0.717) is 22.8 Å². The summed E-state index contributed by atoms with van der Waals surface area (Å²) in [6, 6.07) is 26.7. The Morgan fingerprint density at radius 1 is 0.618 bits per heavy atom. The van der Waals surface area contributed by atoms with Crippen molar-refractivity contribution in [3.8, 4) is 23.0 Å². The van der Waals surface area contributed by atoms with Crippen LogP contribution in [-0.2, 0) is 6.42 Å². The van der Waals surface area contributed by atoms with Crippen LogP contribution >= 0.6 is 0 Å². The summed E-state index contributed by atoms with van der Waals surface area (Å²) in [4.78, 5) is 0. The summed E-state index contributed by atoms with van der Waals surface area (Å²) >= 11 is 0. The Balaban J connectivity index is 0.00000158. The van der Waals surface area contributed by atoms with Gasteiger partial charge in [0, 0.05) is 18.4 Å². The second-order valence-electron chi connectivity index (χ2n) is 7.47. The lowest BCUT2D eigenvalue weighted by Crippen LogP contribution is -1.96. The summed E-state index contributed by atoms with van der Waals surface area (Å²) < 4.78 is 11.9. The van der Waals surface area contributed by atoms with E-state index in [0.717, 1.165) is 29.4 Å². The highest BCUT2D eigenvalue weighted by Crippen LogP contribution is 2.32. The minimum Gasteiger partial charge on any atom is -0.455 e. The van der Waals surface area contributed by atoms with Crippen LogP contribution in [0.25, 0.3) is 0 Å². The molecule has 0 aliphatic carbocycles. The number of anilines is 4. The fourth-order valence-corrected chi connectivity index (χ4v) is 3.33. The Morgan fingerprint density at radius 2 is 1.09 bits per heavy atom. The molecule has 0 unspecified atom stereocenters. The predicted octanol–water partition coefficient (Wildman–Crippen LogP) is 6.68. The highest BCUT2D eigenvalue weighted by Gasteiger charge is 2.06. The molecule has 0 aliphatic rings. The number of nitrogens with two attached hydrogens (primary N) is 3. The Morgan fingerprint density at radius 3 is 1.59 bits per heavy atom. The molecule has 0 aromatic heterocycles. The molecular formula is C28H32N4O2. The lowest BCUT2D eigenvalue weighted by atomic mass is 10.0. The first-order chi connectivity index (χ1) is 16.5. The van der Waals surface area contributed by atoms with Crippen LogP contribution in [0.1, 0.15) is 25.0 Å². The van der Waals surface area contributed by atoms with Crippen molar-refractivity contribution in [3.05, 3.63) is 96.1 Å².